The van der Waals surface area contributed by atoms with E-state index in [1.165, 1.54) is 4.90 Å². The molecule has 0 atom stereocenters. The highest BCUT2D eigenvalue weighted by atomic mass is 19.1. The van der Waals surface area contributed by atoms with Gasteiger partial charge in [-0.15, -0.1) is 0 Å². The lowest BCUT2D eigenvalue weighted by Crippen LogP contribution is -3.05. The fraction of sp³-hybridized carbons (Fsp3) is 1.00. The molecule has 0 aliphatic rings. The zero-order valence-electron chi connectivity index (χ0n) is 5.71. The average Bonchev–Trinajstić information content (AvgIpc) is 1.66. The van der Waals surface area contributed by atoms with Gasteiger partial charge in [0.2, 0.25) is 0 Å². The standard InChI is InChI=1S/C6H14FN/c1-8(2)6-4-3-5-7/h3-6H2,1-2H3/p+1. The van der Waals surface area contributed by atoms with Gasteiger partial charge in [-0.25, -0.2) is 0 Å². The molecular formula is C6H15FN+. The maximum atomic E-state index is 11.4. The number of nitrogens with one attached hydrogen (secondary N) is 1. The maximum Gasteiger partial charge on any atom is 0.0896 e. The van der Waals surface area contributed by atoms with E-state index in [1.54, 1.807) is 0 Å². The Balaban J connectivity index is 2.72. The van der Waals surface area contributed by atoms with Crippen molar-refractivity contribution in [2.75, 3.05) is 27.3 Å². The minimum Gasteiger partial charge on any atom is -0.340 e. The SMILES string of the molecule is C[NH+](C)CCCCF. The molecule has 0 heterocycles. The van der Waals surface area contributed by atoms with Crippen molar-refractivity contribution in [2.45, 2.75) is 12.8 Å². The van der Waals surface area contributed by atoms with E-state index in [9.17, 15) is 4.39 Å². The van der Waals surface area contributed by atoms with Crippen LogP contribution in [0.25, 0.3) is 0 Å². The Morgan fingerprint density at radius 3 is 2.25 bits per heavy atom. The second-order valence-electron chi connectivity index (χ2n) is 2.35. The molecule has 0 fully saturated rings. The summed E-state index contributed by atoms with van der Waals surface area (Å²) in [4.78, 5) is 1.40. The Morgan fingerprint density at radius 2 is 1.88 bits per heavy atom. The fourth-order valence-corrected chi connectivity index (χ4v) is 0.573. The van der Waals surface area contributed by atoms with E-state index < -0.39 is 0 Å². The molecule has 0 saturated carbocycles. The summed E-state index contributed by atoms with van der Waals surface area (Å²) in [5.74, 6) is 0. The van der Waals surface area contributed by atoms with Gasteiger partial charge >= 0.3 is 0 Å². The molecule has 1 nitrogen and oxygen atoms in total. The molecule has 0 aromatic carbocycles. The molecule has 0 aliphatic carbocycles. The lowest BCUT2D eigenvalue weighted by molar-refractivity contribution is -0.858. The molecule has 1 N–H and O–H groups in total. The van der Waals surface area contributed by atoms with E-state index in [4.69, 9.17) is 0 Å². The second-order valence-corrected chi connectivity index (χ2v) is 2.35. The molecule has 0 aromatic rings. The van der Waals surface area contributed by atoms with Crippen LogP contribution in [0.5, 0.6) is 0 Å². The number of hydrogen-bond acceptors (Lipinski definition) is 0. The van der Waals surface area contributed by atoms with Crippen molar-refractivity contribution in [1.82, 2.24) is 0 Å². The molecule has 8 heavy (non-hydrogen) atoms. The number of unbranched alkanes of at least 4 members (excludes halogenated alkanes) is 1. The Bertz CT molecular complexity index is 45.8. The van der Waals surface area contributed by atoms with Crippen LogP contribution in [0, 0.1) is 0 Å². The van der Waals surface area contributed by atoms with E-state index in [2.05, 4.69) is 14.1 Å². The molecule has 0 radical (unpaired) electrons. The Kier molecular flexibility index (Phi) is 4.97. The highest BCUT2D eigenvalue weighted by Gasteiger charge is 1.90. The molecule has 2 heteroatoms. The van der Waals surface area contributed by atoms with Crippen LogP contribution in [-0.4, -0.2) is 27.3 Å². The molecule has 0 rings (SSSR count). The Labute approximate surface area is 50.5 Å². The summed E-state index contributed by atoms with van der Waals surface area (Å²) in [6.07, 6.45) is 1.74. The predicted octanol–water partition coefficient (Wildman–Crippen LogP) is -0.119. The van der Waals surface area contributed by atoms with Crippen molar-refractivity contribution in [1.29, 1.82) is 0 Å². The summed E-state index contributed by atoms with van der Waals surface area (Å²) in [5, 5.41) is 0. The van der Waals surface area contributed by atoms with Gasteiger partial charge in [-0.2, -0.15) is 0 Å². The molecule has 0 saturated heterocycles. The summed E-state index contributed by atoms with van der Waals surface area (Å²) in [6.45, 7) is 0.928. The van der Waals surface area contributed by atoms with Crippen molar-refractivity contribution in [3.8, 4) is 0 Å². The number of quaternary nitrogens is 1. The first kappa shape index (κ1) is 7.89. The topological polar surface area (TPSA) is 4.44 Å². The third-order valence-electron chi connectivity index (χ3n) is 1.06. The third-order valence-corrected chi connectivity index (χ3v) is 1.06. The average molecular weight is 120 g/mol. The lowest BCUT2D eigenvalue weighted by atomic mass is 10.3. The molecule has 0 unspecified atom stereocenters. The third kappa shape index (κ3) is 5.89. The van der Waals surface area contributed by atoms with Crippen molar-refractivity contribution in [3.63, 3.8) is 0 Å². The number of alkyl halides is 1. The Morgan fingerprint density at radius 1 is 1.25 bits per heavy atom. The fourth-order valence-electron chi connectivity index (χ4n) is 0.573. The summed E-state index contributed by atoms with van der Waals surface area (Å²) in [6, 6.07) is 0. The molecule has 0 bridgehead atoms. The number of halogens is 1. The second kappa shape index (κ2) is 5.04. The zero-order valence-corrected chi connectivity index (χ0v) is 5.71. The summed E-state index contributed by atoms with van der Waals surface area (Å²) in [5.41, 5.74) is 0. The predicted molar refractivity (Wildman–Crippen MR) is 32.9 cm³/mol. The smallest absolute Gasteiger partial charge is 0.0896 e. The molecule has 0 amide bonds. The molecule has 0 aliphatic heterocycles. The molecule has 0 spiro atoms. The summed E-state index contributed by atoms with van der Waals surface area (Å²) in [7, 11) is 4.16. The van der Waals surface area contributed by atoms with Crippen molar-refractivity contribution in [3.05, 3.63) is 0 Å². The zero-order chi connectivity index (χ0) is 6.41. The van der Waals surface area contributed by atoms with Crippen LogP contribution >= 0.6 is 0 Å². The van der Waals surface area contributed by atoms with E-state index >= 15 is 0 Å². The van der Waals surface area contributed by atoms with Gasteiger partial charge < -0.3 is 4.90 Å². The van der Waals surface area contributed by atoms with E-state index in [0.29, 0.717) is 0 Å². The first-order valence-electron chi connectivity index (χ1n) is 3.12. The number of hydrogen-bond donors (Lipinski definition) is 1. The first-order valence-corrected chi connectivity index (χ1v) is 3.12. The van der Waals surface area contributed by atoms with Crippen LogP contribution in [-0.2, 0) is 0 Å². The van der Waals surface area contributed by atoms with Gasteiger partial charge in [-0.3, -0.25) is 4.39 Å². The van der Waals surface area contributed by atoms with Crippen LogP contribution in [0.2, 0.25) is 0 Å². The van der Waals surface area contributed by atoms with E-state index in [1.807, 2.05) is 0 Å². The van der Waals surface area contributed by atoms with Gasteiger partial charge in [0.15, 0.2) is 0 Å². The van der Waals surface area contributed by atoms with E-state index in [-0.39, 0.29) is 6.67 Å². The van der Waals surface area contributed by atoms with E-state index in [0.717, 1.165) is 19.4 Å². The molecule has 0 aromatic heterocycles. The largest absolute Gasteiger partial charge is 0.340 e. The molecule has 50 valence electrons. The minimum atomic E-state index is -0.159. The monoisotopic (exact) mass is 120 g/mol. The highest BCUT2D eigenvalue weighted by Crippen LogP contribution is 1.83. The quantitative estimate of drug-likeness (QED) is 0.493. The first-order chi connectivity index (χ1) is 3.77. The van der Waals surface area contributed by atoms with Gasteiger partial charge in [0.25, 0.3) is 0 Å². The lowest BCUT2D eigenvalue weighted by Gasteiger charge is -2.03. The van der Waals surface area contributed by atoms with Gasteiger partial charge in [-0.1, -0.05) is 0 Å². The molecular weight excluding hydrogens is 105 g/mol. The van der Waals surface area contributed by atoms with Gasteiger partial charge in [0, 0.05) is 0 Å². The highest BCUT2D eigenvalue weighted by molar-refractivity contribution is 4.31. The minimum absolute atomic E-state index is 0.159. The van der Waals surface area contributed by atoms with Crippen molar-refractivity contribution >= 4 is 0 Å². The van der Waals surface area contributed by atoms with Crippen LogP contribution < -0.4 is 4.90 Å². The van der Waals surface area contributed by atoms with Crippen LogP contribution in [0.4, 0.5) is 4.39 Å². The van der Waals surface area contributed by atoms with Crippen LogP contribution in [0.15, 0.2) is 0 Å². The van der Waals surface area contributed by atoms with Gasteiger partial charge in [0.1, 0.15) is 0 Å². The van der Waals surface area contributed by atoms with Gasteiger partial charge in [0.05, 0.1) is 27.3 Å². The van der Waals surface area contributed by atoms with Crippen molar-refractivity contribution < 1.29 is 9.29 Å². The van der Waals surface area contributed by atoms with Crippen LogP contribution in [0.3, 0.4) is 0 Å². The number of rotatable bonds is 4. The normalized spacial score (nSPS) is 10.5. The Hall–Kier alpha value is -0.110. The van der Waals surface area contributed by atoms with Crippen LogP contribution in [0.1, 0.15) is 12.8 Å². The summed E-state index contributed by atoms with van der Waals surface area (Å²) < 4.78 is 11.4. The maximum absolute atomic E-state index is 11.4. The van der Waals surface area contributed by atoms with Crippen molar-refractivity contribution in [2.24, 2.45) is 0 Å². The summed E-state index contributed by atoms with van der Waals surface area (Å²) >= 11 is 0. The van der Waals surface area contributed by atoms with Gasteiger partial charge in [-0.05, 0) is 12.8 Å².